The SMILES string of the molecule is CCCC(COC)NC(=O)c1n[nH]c(C)n1. The van der Waals surface area contributed by atoms with Gasteiger partial charge < -0.3 is 10.1 Å². The van der Waals surface area contributed by atoms with Crippen LogP contribution < -0.4 is 5.32 Å². The summed E-state index contributed by atoms with van der Waals surface area (Å²) < 4.78 is 5.04. The second-order valence-corrected chi connectivity index (χ2v) is 3.66. The number of methoxy groups -OCH3 is 1. The van der Waals surface area contributed by atoms with Crippen LogP contribution in [0.2, 0.25) is 0 Å². The molecule has 0 aliphatic rings. The van der Waals surface area contributed by atoms with Crippen LogP contribution in [0.5, 0.6) is 0 Å². The first-order valence-corrected chi connectivity index (χ1v) is 5.36. The van der Waals surface area contributed by atoms with E-state index in [2.05, 4.69) is 27.4 Å². The maximum absolute atomic E-state index is 11.7. The number of aryl methyl sites for hydroxylation is 1. The summed E-state index contributed by atoms with van der Waals surface area (Å²) in [5, 5.41) is 9.27. The van der Waals surface area contributed by atoms with Gasteiger partial charge in [0.2, 0.25) is 5.82 Å². The third-order valence-electron chi connectivity index (χ3n) is 2.14. The van der Waals surface area contributed by atoms with E-state index in [1.54, 1.807) is 14.0 Å². The van der Waals surface area contributed by atoms with Crippen molar-refractivity contribution >= 4 is 5.91 Å². The number of nitrogens with zero attached hydrogens (tertiary/aromatic N) is 2. The number of ether oxygens (including phenoxy) is 1. The number of rotatable bonds is 6. The van der Waals surface area contributed by atoms with Crippen molar-refractivity contribution in [2.75, 3.05) is 13.7 Å². The molecule has 0 saturated carbocycles. The van der Waals surface area contributed by atoms with Crippen LogP contribution >= 0.6 is 0 Å². The van der Waals surface area contributed by atoms with Crippen molar-refractivity contribution in [2.24, 2.45) is 0 Å². The predicted octanol–water partition coefficient (Wildman–Crippen LogP) is 0.658. The number of aromatic nitrogens is 3. The largest absolute Gasteiger partial charge is 0.383 e. The highest BCUT2D eigenvalue weighted by Gasteiger charge is 2.16. The molecule has 2 N–H and O–H groups in total. The molecule has 0 spiro atoms. The Bertz CT molecular complexity index is 331. The lowest BCUT2D eigenvalue weighted by molar-refractivity contribution is 0.0881. The summed E-state index contributed by atoms with van der Waals surface area (Å²) in [5.41, 5.74) is 0. The van der Waals surface area contributed by atoms with Gasteiger partial charge in [-0.15, -0.1) is 5.10 Å². The number of aromatic amines is 1. The van der Waals surface area contributed by atoms with E-state index in [4.69, 9.17) is 4.74 Å². The fourth-order valence-electron chi connectivity index (χ4n) is 1.44. The van der Waals surface area contributed by atoms with Crippen molar-refractivity contribution in [3.05, 3.63) is 11.6 Å². The summed E-state index contributed by atoms with van der Waals surface area (Å²) >= 11 is 0. The Hall–Kier alpha value is -1.43. The lowest BCUT2D eigenvalue weighted by Crippen LogP contribution is -2.38. The Morgan fingerprint density at radius 3 is 2.88 bits per heavy atom. The first-order chi connectivity index (χ1) is 7.67. The molecule has 6 heteroatoms. The normalized spacial score (nSPS) is 12.4. The molecule has 1 atom stereocenters. The zero-order valence-corrected chi connectivity index (χ0v) is 9.91. The maximum atomic E-state index is 11.7. The minimum atomic E-state index is -0.264. The van der Waals surface area contributed by atoms with Crippen LogP contribution in [-0.2, 0) is 4.74 Å². The number of amides is 1. The lowest BCUT2D eigenvalue weighted by atomic mass is 10.2. The molecule has 0 bridgehead atoms. The maximum Gasteiger partial charge on any atom is 0.291 e. The number of nitrogens with one attached hydrogen (secondary N) is 2. The molecular formula is C10H18N4O2. The molecule has 1 rings (SSSR count). The summed E-state index contributed by atoms with van der Waals surface area (Å²) in [6.45, 7) is 4.32. The van der Waals surface area contributed by atoms with Gasteiger partial charge in [0.25, 0.3) is 5.91 Å². The van der Waals surface area contributed by atoms with Gasteiger partial charge in [-0.1, -0.05) is 13.3 Å². The van der Waals surface area contributed by atoms with Crippen LogP contribution in [0.4, 0.5) is 0 Å². The molecule has 0 radical (unpaired) electrons. The van der Waals surface area contributed by atoms with Gasteiger partial charge in [-0.3, -0.25) is 9.89 Å². The van der Waals surface area contributed by atoms with Crippen molar-refractivity contribution in [1.29, 1.82) is 0 Å². The fourth-order valence-corrected chi connectivity index (χ4v) is 1.44. The van der Waals surface area contributed by atoms with Crippen molar-refractivity contribution in [1.82, 2.24) is 20.5 Å². The molecule has 1 amide bonds. The number of carbonyl (C=O) groups is 1. The third kappa shape index (κ3) is 3.62. The zero-order valence-electron chi connectivity index (χ0n) is 9.91. The van der Waals surface area contributed by atoms with Gasteiger partial charge in [-0.05, 0) is 13.3 Å². The Labute approximate surface area is 94.8 Å². The first kappa shape index (κ1) is 12.6. The van der Waals surface area contributed by atoms with E-state index in [0.29, 0.717) is 12.4 Å². The average molecular weight is 226 g/mol. The van der Waals surface area contributed by atoms with E-state index in [1.807, 2.05) is 0 Å². The fraction of sp³-hybridized carbons (Fsp3) is 0.700. The predicted molar refractivity (Wildman–Crippen MR) is 59.2 cm³/mol. The first-order valence-electron chi connectivity index (χ1n) is 5.36. The summed E-state index contributed by atoms with van der Waals surface area (Å²) in [7, 11) is 1.62. The van der Waals surface area contributed by atoms with Crippen molar-refractivity contribution in [3.8, 4) is 0 Å². The van der Waals surface area contributed by atoms with Gasteiger partial charge in [0.15, 0.2) is 0 Å². The summed E-state index contributed by atoms with van der Waals surface area (Å²) in [5.74, 6) is 0.540. The molecule has 0 aromatic carbocycles. The number of hydrogen-bond acceptors (Lipinski definition) is 4. The van der Waals surface area contributed by atoms with Gasteiger partial charge >= 0.3 is 0 Å². The molecule has 1 heterocycles. The van der Waals surface area contributed by atoms with Crippen LogP contribution in [0.1, 0.15) is 36.2 Å². The highest BCUT2D eigenvalue weighted by atomic mass is 16.5. The van der Waals surface area contributed by atoms with Gasteiger partial charge in [0, 0.05) is 7.11 Å². The molecular weight excluding hydrogens is 208 g/mol. The molecule has 6 nitrogen and oxygen atoms in total. The Morgan fingerprint density at radius 2 is 2.38 bits per heavy atom. The smallest absolute Gasteiger partial charge is 0.291 e. The van der Waals surface area contributed by atoms with Gasteiger partial charge in [-0.2, -0.15) is 0 Å². The van der Waals surface area contributed by atoms with E-state index in [9.17, 15) is 4.79 Å². The topological polar surface area (TPSA) is 79.9 Å². The Kier molecular flexibility index (Phi) is 4.91. The molecule has 0 fully saturated rings. The van der Waals surface area contributed by atoms with Crippen LogP contribution in [0.3, 0.4) is 0 Å². The molecule has 0 saturated heterocycles. The van der Waals surface area contributed by atoms with Crippen molar-refractivity contribution in [2.45, 2.75) is 32.7 Å². The van der Waals surface area contributed by atoms with E-state index in [-0.39, 0.29) is 17.8 Å². The van der Waals surface area contributed by atoms with Crippen molar-refractivity contribution < 1.29 is 9.53 Å². The average Bonchev–Trinajstić information content (AvgIpc) is 2.65. The van der Waals surface area contributed by atoms with Crippen LogP contribution in [0.25, 0.3) is 0 Å². The van der Waals surface area contributed by atoms with E-state index in [1.165, 1.54) is 0 Å². The molecule has 0 aliphatic carbocycles. The van der Waals surface area contributed by atoms with Crippen LogP contribution in [0.15, 0.2) is 0 Å². The molecule has 0 aliphatic heterocycles. The number of hydrogen-bond donors (Lipinski definition) is 2. The van der Waals surface area contributed by atoms with Crippen LogP contribution in [-0.4, -0.2) is 40.8 Å². The second-order valence-electron chi connectivity index (χ2n) is 3.66. The highest BCUT2D eigenvalue weighted by Crippen LogP contribution is 1.99. The molecule has 16 heavy (non-hydrogen) atoms. The quantitative estimate of drug-likeness (QED) is 0.746. The number of H-pyrrole nitrogens is 1. The minimum Gasteiger partial charge on any atom is -0.383 e. The standard InChI is InChI=1S/C10H18N4O2/c1-4-5-8(6-16-3)12-10(15)9-11-7(2)13-14-9/h8H,4-6H2,1-3H3,(H,12,15)(H,11,13,14). The molecule has 1 unspecified atom stereocenters. The Morgan fingerprint density at radius 1 is 1.62 bits per heavy atom. The molecule has 1 aromatic heterocycles. The van der Waals surface area contributed by atoms with Gasteiger partial charge in [-0.25, -0.2) is 4.98 Å². The molecule has 90 valence electrons. The van der Waals surface area contributed by atoms with Crippen molar-refractivity contribution in [3.63, 3.8) is 0 Å². The minimum absolute atomic E-state index is 0.0151. The van der Waals surface area contributed by atoms with Gasteiger partial charge in [0.1, 0.15) is 5.82 Å². The molecule has 1 aromatic rings. The van der Waals surface area contributed by atoms with Gasteiger partial charge in [0.05, 0.1) is 12.6 Å². The van der Waals surface area contributed by atoms with E-state index in [0.717, 1.165) is 12.8 Å². The zero-order chi connectivity index (χ0) is 12.0. The highest BCUT2D eigenvalue weighted by molar-refractivity contribution is 5.90. The number of carbonyl (C=O) groups excluding carboxylic acids is 1. The third-order valence-corrected chi connectivity index (χ3v) is 2.14. The summed E-state index contributed by atoms with van der Waals surface area (Å²) in [4.78, 5) is 15.7. The second kappa shape index (κ2) is 6.22. The van der Waals surface area contributed by atoms with E-state index >= 15 is 0 Å². The van der Waals surface area contributed by atoms with Crippen LogP contribution in [0, 0.1) is 6.92 Å². The lowest BCUT2D eigenvalue weighted by Gasteiger charge is -2.15. The Balaban J connectivity index is 2.54. The summed E-state index contributed by atoms with van der Waals surface area (Å²) in [6, 6.07) is 0.0151. The summed E-state index contributed by atoms with van der Waals surface area (Å²) in [6.07, 6.45) is 1.87. The monoisotopic (exact) mass is 226 g/mol. The van der Waals surface area contributed by atoms with E-state index < -0.39 is 0 Å².